The molecule has 1 aliphatic rings. The van der Waals surface area contributed by atoms with Crippen LogP contribution in [-0.4, -0.2) is 51.7 Å². The van der Waals surface area contributed by atoms with E-state index in [2.05, 4.69) is 10.00 Å². The predicted octanol–water partition coefficient (Wildman–Crippen LogP) is 5.77. The zero-order valence-corrected chi connectivity index (χ0v) is 20.6. The summed E-state index contributed by atoms with van der Waals surface area (Å²) in [7, 11) is 0. The Bertz CT molecular complexity index is 1270. The number of carbonyl (C=O) groups excluding carboxylic acids is 1. The van der Waals surface area contributed by atoms with E-state index in [0.717, 1.165) is 47.7 Å². The zero-order valence-electron chi connectivity index (χ0n) is 20.6. The number of piperidine rings is 1. The number of amides is 1. The van der Waals surface area contributed by atoms with Gasteiger partial charge in [-0.2, -0.15) is 5.10 Å². The number of halogens is 1. The number of furan rings is 1. The summed E-state index contributed by atoms with van der Waals surface area (Å²) in [6.07, 6.45) is 7.23. The smallest absolute Gasteiger partial charge is 0.219 e. The van der Waals surface area contributed by atoms with Gasteiger partial charge in [0, 0.05) is 32.1 Å². The Hall–Kier alpha value is -3.71. The summed E-state index contributed by atoms with van der Waals surface area (Å²) in [5.41, 5.74) is 4.58. The molecule has 0 saturated carbocycles. The van der Waals surface area contributed by atoms with Crippen LogP contribution < -0.4 is 0 Å². The first-order chi connectivity index (χ1) is 17.6. The lowest BCUT2D eigenvalue weighted by atomic mass is 10.1. The van der Waals surface area contributed by atoms with E-state index in [4.69, 9.17) is 4.42 Å². The first-order valence-electron chi connectivity index (χ1n) is 12.5. The van der Waals surface area contributed by atoms with E-state index < -0.39 is 0 Å². The molecule has 2 aromatic carbocycles. The maximum atomic E-state index is 13.3. The standard InChI is InChI=1S/C29H31FN4O2/c1-22(35)33(18-17-32-15-3-2-4-16-32)21-25-20-31-34(29(25)28-6-5-19-36-28)27-13-9-24(10-14-27)23-7-11-26(30)12-8-23/h5-14,19-20H,2-4,15-18,21H2,1H3. The fourth-order valence-electron chi connectivity index (χ4n) is 4.81. The highest BCUT2D eigenvalue weighted by atomic mass is 19.1. The van der Waals surface area contributed by atoms with E-state index in [1.54, 1.807) is 25.3 Å². The lowest BCUT2D eigenvalue weighted by Gasteiger charge is -2.29. The molecule has 3 heterocycles. The van der Waals surface area contributed by atoms with Crippen LogP contribution in [-0.2, 0) is 11.3 Å². The normalized spacial score (nSPS) is 14.2. The molecule has 0 radical (unpaired) electrons. The van der Waals surface area contributed by atoms with Gasteiger partial charge in [0.15, 0.2) is 5.76 Å². The molecule has 0 atom stereocenters. The number of hydrogen-bond acceptors (Lipinski definition) is 4. The van der Waals surface area contributed by atoms with E-state index in [-0.39, 0.29) is 11.7 Å². The Morgan fingerprint density at radius 1 is 1.00 bits per heavy atom. The summed E-state index contributed by atoms with van der Waals surface area (Å²) in [6, 6.07) is 18.2. The third kappa shape index (κ3) is 5.41. The molecule has 6 nitrogen and oxygen atoms in total. The lowest BCUT2D eigenvalue weighted by Crippen LogP contribution is -2.39. The summed E-state index contributed by atoms with van der Waals surface area (Å²) in [6.45, 7) is 5.87. The second-order valence-corrected chi connectivity index (χ2v) is 9.30. The molecule has 0 bridgehead atoms. The molecule has 1 saturated heterocycles. The van der Waals surface area contributed by atoms with Gasteiger partial charge in [0.25, 0.3) is 0 Å². The topological polar surface area (TPSA) is 54.5 Å². The molecule has 0 N–H and O–H groups in total. The molecular weight excluding hydrogens is 455 g/mol. The van der Waals surface area contributed by atoms with E-state index >= 15 is 0 Å². The van der Waals surface area contributed by atoms with Gasteiger partial charge in [-0.15, -0.1) is 0 Å². The van der Waals surface area contributed by atoms with Crippen molar-refractivity contribution in [3.63, 3.8) is 0 Å². The first-order valence-corrected chi connectivity index (χ1v) is 12.5. The zero-order chi connectivity index (χ0) is 24.9. The molecule has 186 valence electrons. The van der Waals surface area contributed by atoms with Gasteiger partial charge in [-0.05, 0) is 73.5 Å². The summed E-state index contributed by atoms with van der Waals surface area (Å²) < 4.78 is 20.9. The van der Waals surface area contributed by atoms with Gasteiger partial charge in [0.1, 0.15) is 11.5 Å². The van der Waals surface area contributed by atoms with Gasteiger partial charge in [0.05, 0.1) is 18.1 Å². The van der Waals surface area contributed by atoms with Crippen LogP contribution in [0.15, 0.2) is 77.5 Å². The van der Waals surface area contributed by atoms with Crippen molar-refractivity contribution < 1.29 is 13.6 Å². The van der Waals surface area contributed by atoms with Crippen LogP contribution in [0, 0.1) is 5.82 Å². The van der Waals surface area contributed by atoms with E-state index in [1.165, 1.54) is 31.4 Å². The number of likely N-dealkylation sites (tertiary alicyclic amines) is 1. The molecular formula is C29H31FN4O2. The highest BCUT2D eigenvalue weighted by Crippen LogP contribution is 2.29. The summed E-state index contributed by atoms with van der Waals surface area (Å²) in [5.74, 6) is 0.497. The third-order valence-corrected chi connectivity index (χ3v) is 6.83. The molecule has 1 fully saturated rings. The van der Waals surface area contributed by atoms with Crippen molar-refractivity contribution >= 4 is 5.91 Å². The van der Waals surface area contributed by atoms with Crippen molar-refractivity contribution in [3.05, 3.63) is 84.5 Å². The highest BCUT2D eigenvalue weighted by molar-refractivity contribution is 5.74. The van der Waals surface area contributed by atoms with Crippen LogP contribution in [0.4, 0.5) is 4.39 Å². The van der Waals surface area contributed by atoms with Gasteiger partial charge >= 0.3 is 0 Å². The van der Waals surface area contributed by atoms with Crippen molar-refractivity contribution in [2.75, 3.05) is 26.2 Å². The van der Waals surface area contributed by atoms with Crippen LogP contribution in [0.3, 0.4) is 0 Å². The van der Waals surface area contributed by atoms with Crippen LogP contribution in [0.1, 0.15) is 31.7 Å². The van der Waals surface area contributed by atoms with Crippen LogP contribution in [0.2, 0.25) is 0 Å². The Kier molecular flexibility index (Phi) is 7.28. The summed E-state index contributed by atoms with van der Waals surface area (Å²) >= 11 is 0. The van der Waals surface area contributed by atoms with Gasteiger partial charge in [-0.3, -0.25) is 4.79 Å². The molecule has 36 heavy (non-hydrogen) atoms. The monoisotopic (exact) mass is 486 g/mol. The Morgan fingerprint density at radius 2 is 1.69 bits per heavy atom. The van der Waals surface area contributed by atoms with Crippen molar-refractivity contribution in [3.8, 4) is 28.3 Å². The Balaban J connectivity index is 1.40. The maximum Gasteiger partial charge on any atom is 0.219 e. The average molecular weight is 487 g/mol. The van der Waals surface area contributed by atoms with Gasteiger partial charge < -0.3 is 14.2 Å². The first kappa shape index (κ1) is 24.0. The second kappa shape index (κ2) is 10.9. The second-order valence-electron chi connectivity index (χ2n) is 9.30. The lowest BCUT2D eigenvalue weighted by molar-refractivity contribution is -0.129. The quantitative estimate of drug-likeness (QED) is 0.317. The molecule has 0 spiro atoms. The van der Waals surface area contributed by atoms with Crippen LogP contribution >= 0.6 is 0 Å². The predicted molar refractivity (Wildman–Crippen MR) is 138 cm³/mol. The Morgan fingerprint density at radius 3 is 2.33 bits per heavy atom. The van der Waals surface area contributed by atoms with E-state index in [9.17, 15) is 9.18 Å². The molecule has 7 heteroatoms. The summed E-state index contributed by atoms with van der Waals surface area (Å²) in [4.78, 5) is 16.9. The van der Waals surface area contributed by atoms with Crippen LogP contribution in [0.5, 0.6) is 0 Å². The molecule has 4 aromatic rings. The number of rotatable bonds is 8. The number of carbonyl (C=O) groups is 1. The number of aromatic nitrogens is 2. The fourth-order valence-corrected chi connectivity index (χ4v) is 4.81. The average Bonchev–Trinajstić information content (AvgIpc) is 3.57. The van der Waals surface area contributed by atoms with Crippen molar-refractivity contribution in [2.45, 2.75) is 32.7 Å². The molecule has 5 rings (SSSR count). The maximum absolute atomic E-state index is 13.3. The minimum atomic E-state index is -0.252. The Labute approximate surface area is 210 Å². The highest BCUT2D eigenvalue weighted by Gasteiger charge is 2.21. The number of hydrogen-bond donors (Lipinski definition) is 0. The van der Waals surface area contributed by atoms with Crippen molar-refractivity contribution in [1.29, 1.82) is 0 Å². The number of nitrogens with zero attached hydrogens (tertiary/aromatic N) is 4. The largest absolute Gasteiger partial charge is 0.463 e. The molecule has 0 unspecified atom stereocenters. The van der Waals surface area contributed by atoms with Crippen molar-refractivity contribution in [2.24, 2.45) is 0 Å². The molecule has 1 aliphatic heterocycles. The van der Waals surface area contributed by atoms with Gasteiger partial charge in [-0.25, -0.2) is 9.07 Å². The number of benzene rings is 2. The SMILES string of the molecule is CC(=O)N(CCN1CCCCC1)Cc1cnn(-c2ccc(-c3ccc(F)cc3)cc2)c1-c1ccco1. The molecule has 1 amide bonds. The van der Waals surface area contributed by atoms with Gasteiger partial charge in [0.2, 0.25) is 5.91 Å². The third-order valence-electron chi connectivity index (χ3n) is 6.83. The fraction of sp³-hybridized carbons (Fsp3) is 0.310. The van der Waals surface area contributed by atoms with Crippen molar-refractivity contribution in [1.82, 2.24) is 19.6 Å². The van der Waals surface area contributed by atoms with Gasteiger partial charge in [-0.1, -0.05) is 30.7 Å². The van der Waals surface area contributed by atoms with E-state index in [1.807, 2.05) is 52.2 Å². The molecule has 2 aromatic heterocycles. The minimum absolute atomic E-state index is 0.0498. The molecule has 0 aliphatic carbocycles. The summed E-state index contributed by atoms with van der Waals surface area (Å²) in [5, 5.41) is 4.68. The van der Waals surface area contributed by atoms with E-state index in [0.29, 0.717) is 18.8 Å². The minimum Gasteiger partial charge on any atom is -0.463 e. The van der Waals surface area contributed by atoms with Crippen LogP contribution in [0.25, 0.3) is 28.3 Å².